The number of anilines is 1. The third-order valence-electron chi connectivity index (χ3n) is 3.93. The Morgan fingerprint density at radius 1 is 1.21 bits per heavy atom. The molecule has 1 aliphatic heterocycles. The second-order valence-corrected chi connectivity index (χ2v) is 5.82. The predicted octanol–water partition coefficient (Wildman–Crippen LogP) is 3.10. The van der Waals surface area contributed by atoms with E-state index in [4.69, 9.17) is 4.74 Å². The number of rotatable bonds is 4. The molecule has 1 fully saturated rings. The van der Waals surface area contributed by atoms with E-state index in [1.165, 1.54) is 12.3 Å². The fourth-order valence-electron chi connectivity index (χ4n) is 2.61. The van der Waals surface area contributed by atoms with E-state index in [-0.39, 0.29) is 5.92 Å². The van der Waals surface area contributed by atoms with Crippen molar-refractivity contribution in [2.75, 3.05) is 24.6 Å². The topological polar surface area (TPSA) is 51.1 Å². The van der Waals surface area contributed by atoms with E-state index < -0.39 is 11.9 Å². The maximum atomic E-state index is 12.5. The molecule has 0 saturated carbocycles. The van der Waals surface area contributed by atoms with Crippen LogP contribution in [0.1, 0.15) is 17.8 Å². The molecule has 1 aliphatic rings. The fraction of sp³-hybridized carbons (Fsp3) is 0.438. The van der Waals surface area contributed by atoms with E-state index in [1.54, 1.807) is 6.07 Å². The van der Waals surface area contributed by atoms with Crippen molar-refractivity contribution in [1.29, 1.82) is 0 Å². The van der Waals surface area contributed by atoms with Crippen molar-refractivity contribution in [3.63, 3.8) is 0 Å². The second kappa shape index (κ2) is 6.62. The number of pyridine rings is 1. The molecule has 0 aliphatic carbocycles. The zero-order valence-corrected chi connectivity index (χ0v) is 13.1. The molecule has 0 radical (unpaired) electrons. The normalized spacial score (nSPS) is 18.0. The Labute approximate surface area is 137 Å². The lowest BCUT2D eigenvalue weighted by Gasteiger charge is -2.19. The Kier molecular flexibility index (Phi) is 4.55. The molecule has 5 nitrogen and oxygen atoms in total. The molecule has 0 bridgehead atoms. The second-order valence-electron chi connectivity index (χ2n) is 5.82. The van der Waals surface area contributed by atoms with E-state index in [2.05, 4.69) is 15.2 Å². The van der Waals surface area contributed by atoms with Crippen molar-refractivity contribution in [2.24, 2.45) is 5.92 Å². The number of aryl methyl sites for hydroxylation is 1. The Morgan fingerprint density at radius 3 is 2.67 bits per heavy atom. The summed E-state index contributed by atoms with van der Waals surface area (Å²) in [6, 6.07) is 6.08. The summed E-state index contributed by atoms with van der Waals surface area (Å²) in [6.45, 7) is 3.83. The highest BCUT2D eigenvalue weighted by molar-refractivity contribution is 5.45. The van der Waals surface area contributed by atoms with Crippen LogP contribution in [0, 0.1) is 12.8 Å². The third kappa shape index (κ3) is 3.93. The van der Waals surface area contributed by atoms with Gasteiger partial charge in [0.15, 0.2) is 0 Å². The Morgan fingerprint density at radius 2 is 2.04 bits per heavy atom. The van der Waals surface area contributed by atoms with Crippen molar-refractivity contribution in [2.45, 2.75) is 19.5 Å². The van der Waals surface area contributed by atoms with Gasteiger partial charge >= 0.3 is 6.18 Å². The van der Waals surface area contributed by atoms with Gasteiger partial charge in [0.05, 0.1) is 24.2 Å². The summed E-state index contributed by atoms with van der Waals surface area (Å²) in [7, 11) is 0. The maximum absolute atomic E-state index is 12.5. The summed E-state index contributed by atoms with van der Waals surface area (Å²) < 4.78 is 43.3. The molecular weight excluding hydrogens is 321 g/mol. The summed E-state index contributed by atoms with van der Waals surface area (Å²) in [6.07, 6.45) is -2.23. The lowest BCUT2D eigenvalue weighted by molar-refractivity contribution is -0.141. The van der Waals surface area contributed by atoms with Crippen LogP contribution in [-0.4, -0.2) is 34.9 Å². The molecule has 8 heteroatoms. The van der Waals surface area contributed by atoms with Crippen LogP contribution in [0.15, 0.2) is 30.5 Å². The van der Waals surface area contributed by atoms with E-state index >= 15 is 0 Å². The van der Waals surface area contributed by atoms with Crippen molar-refractivity contribution < 1.29 is 17.9 Å². The smallest absolute Gasteiger partial charge is 0.433 e. The SMILES string of the molecule is Cc1ccc(OCC2CCN(c3ccc(C(F)(F)F)nc3)C2)nn1. The van der Waals surface area contributed by atoms with Crippen LogP contribution in [-0.2, 0) is 6.18 Å². The molecule has 3 rings (SSSR count). The third-order valence-corrected chi connectivity index (χ3v) is 3.93. The molecule has 0 N–H and O–H groups in total. The quantitative estimate of drug-likeness (QED) is 0.857. The van der Waals surface area contributed by atoms with Gasteiger partial charge < -0.3 is 9.64 Å². The Balaban J connectivity index is 1.54. The zero-order valence-electron chi connectivity index (χ0n) is 13.1. The lowest BCUT2D eigenvalue weighted by atomic mass is 10.1. The summed E-state index contributed by atoms with van der Waals surface area (Å²) >= 11 is 0. The van der Waals surface area contributed by atoms with Gasteiger partial charge in [-0.3, -0.25) is 0 Å². The van der Waals surface area contributed by atoms with Gasteiger partial charge in [0.1, 0.15) is 5.69 Å². The number of nitrogens with zero attached hydrogens (tertiary/aromatic N) is 4. The van der Waals surface area contributed by atoms with Gasteiger partial charge in [0.2, 0.25) is 5.88 Å². The molecule has 1 unspecified atom stereocenters. The van der Waals surface area contributed by atoms with Crippen LogP contribution in [0.2, 0.25) is 0 Å². The lowest BCUT2D eigenvalue weighted by Crippen LogP contribution is -2.22. The van der Waals surface area contributed by atoms with Crippen LogP contribution < -0.4 is 9.64 Å². The van der Waals surface area contributed by atoms with Gasteiger partial charge in [0.25, 0.3) is 0 Å². The average Bonchev–Trinajstić information content (AvgIpc) is 3.03. The number of halogens is 3. The molecule has 1 saturated heterocycles. The standard InChI is InChI=1S/C16H17F3N4O/c1-11-2-5-15(22-21-11)24-10-12-6-7-23(9-12)13-3-4-14(20-8-13)16(17,18)19/h2-5,8,12H,6-7,9-10H2,1H3. The van der Waals surface area contributed by atoms with Crippen LogP contribution in [0.25, 0.3) is 0 Å². The van der Waals surface area contributed by atoms with Crippen LogP contribution in [0.3, 0.4) is 0 Å². The molecule has 3 heterocycles. The van der Waals surface area contributed by atoms with Gasteiger partial charge in [-0.05, 0) is 31.5 Å². The number of ether oxygens (including phenoxy) is 1. The molecule has 128 valence electrons. The first-order chi connectivity index (χ1) is 11.4. The minimum atomic E-state index is -4.41. The molecule has 0 amide bonds. The highest BCUT2D eigenvalue weighted by atomic mass is 19.4. The summed E-state index contributed by atoms with van der Waals surface area (Å²) in [5.74, 6) is 0.769. The molecule has 0 aromatic carbocycles. The van der Waals surface area contributed by atoms with Gasteiger partial charge in [-0.25, -0.2) is 4.98 Å². The van der Waals surface area contributed by atoms with Crippen LogP contribution >= 0.6 is 0 Å². The summed E-state index contributed by atoms with van der Waals surface area (Å²) in [4.78, 5) is 5.52. The van der Waals surface area contributed by atoms with E-state index in [9.17, 15) is 13.2 Å². The Bertz CT molecular complexity index is 673. The number of hydrogen-bond acceptors (Lipinski definition) is 5. The van der Waals surface area contributed by atoms with E-state index in [1.807, 2.05) is 17.9 Å². The highest BCUT2D eigenvalue weighted by Gasteiger charge is 2.32. The molecule has 1 atom stereocenters. The van der Waals surface area contributed by atoms with Crippen molar-refractivity contribution in [1.82, 2.24) is 15.2 Å². The first-order valence-corrected chi connectivity index (χ1v) is 7.63. The van der Waals surface area contributed by atoms with Gasteiger partial charge in [0, 0.05) is 25.1 Å². The van der Waals surface area contributed by atoms with Gasteiger partial charge in [-0.1, -0.05) is 0 Å². The highest BCUT2D eigenvalue weighted by Crippen LogP contribution is 2.30. The number of hydrogen-bond donors (Lipinski definition) is 0. The van der Waals surface area contributed by atoms with E-state index in [0.717, 1.165) is 24.7 Å². The molecule has 2 aromatic heterocycles. The van der Waals surface area contributed by atoms with Crippen LogP contribution in [0.5, 0.6) is 5.88 Å². The van der Waals surface area contributed by atoms with Gasteiger partial charge in [-0.15, -0.1) is 5.10 Å². The van der Waals surface area contributed by atoms with Gasteiger partial charge in [-0.2, -0.15) is 18.3 Å². The number of alkyl halides is 3. The van der Waals surface area contributed by atoms with E-state index in [0.29, 0.717) is 24.7 Å². The largest absolute Gasteiger partial charge is 0.476 e. The first kappa shape index (κ1) is 16.5. The number of aromatic nitrogens is 3. The minimum absolute atomic E-state index is 0.287. The molecule has 2 aromatic rings. The summed E-state index contributed by atoms with van der Waals surface area (Å²) in [5, 5.41) is 7.88. The monoisotopic (exact) mass is 338 g/mol. The first-order valence-electron chi connectivity index (χ1n) is 7.63. The molecule has 0 spiro atoms. The Hall–Kier alpha value is -2.38. The average molecular weight is 338 g/mol. The predicted molar refractivity (Wildman–Crippen MR) is 81.8 cm³/mol. The molecule has 24 heavy (non-hydrogen) atoms. The van der Waals surface area contributed by atoms with Crippen molar-refractivity contribution in [3.05, 3.63) is 41.9 Å². The fourth-order valence-corrected chi connectivity index (χ4v) is 2.61. The van der Waals surface area contributed by atoms with Crippen molar-refractivity contribution >= 4 is 5.69 Å². The minimum Gasteiger partial charge on any atom is -0.476 e. The van der Waals surface area contributed by atoms with Crippen LogP contribution in [0.4, 0.5) is 18.9 Å². The maximum Gasteiger partial charge on any atom is 0.433 e. The zero-order chi connectivity index (χ0) is 17.2. The molecular formula is C16H17F3N4O. The van der Waals surface area contributed by atoms with Crippen molar-refractivity contribution in [3.8, 4) is 5.88 Å². The summed E-state index contributed by atoms with van der Waals surface area (Å²) in [5.41, 5.74) is 0.646.